The van der Waals surface area contributed by atoms with Gasteiger partial charge in [0, 0.05) is 35.9 Å². The maximum atomic E-state index is 5.94. The van der Waals surface area contributed by atoms with Crippen LogP contribution in [0, 0.1) is 5.92 Å². The zero-order valence-corrected chi connectivity index (χ0v) is 13.8. The standard InChI is InChI=1S/C18H27ClN2/c1-14-3-2-4-18(13-14)21-11-9-17(10-12-21)20-16-7-5-15(19)6-8-16/h5-8,14,17-18,20H,2-4,9-13H2,1H3. The van der Waals surface area contributed by atoms with Gasteiger partial charge in [-0.05, 0) is 55.9 Å². The number of benzene rings is 1. The third-order valence-corrected chi connectivity index (χ3v) is 5.42. The highest BCUT2D eigenvalue weighted by molar-refractivity contribution is 6.30. The van der Waals surface area contributed by atoms with Gasteiger partial charge in [-0.25, -0.2) is 0 Å². The fraction of sp³-hybridized carbons (Fsp3) is 0.667. The van der Waals surface area contributed by atoms with E-state index < -0.39 is 0 Å². The number of nitrogens with one attached hydrogen (secondary N) is 1. The van der Waals surface area contributed by atoms with Crippen LogP contribution in [0.2, 0.25) is 5.02 Å². The molecule has 2 unspecified atom stereocenters. The van der Waals surface area contributed by atoms with Crippen molar-refractivity contribution in [3.63, 3.8) is 0 Å². The molecule has 0 amide bonds. The Balaban J connectivity index is 1.47. The maximum Gasteiger partial charge on any atom is 0.0407 e. The molecular weight excluding hydrogens is 280 g/mol. The largest absolute Gasteiger partial charge is 0.382 e. The summed E-state index contributed by atoms with van der Waals surface area (Å²) < 4.78 is 0. The number of hydrogen-bond donors (Lipinski definition) is 1. The van der Waals surface area contributed by atoms with Crippen molar-refractivity contribution < 1.29 is 0 Å². The molecule has 1 heterocycles. The summed E-state index contributed by atoms with van der Waals surface area (Å²) >= 11 is 5.94. The maximum absolute atomic E-state index is 5.94. The molecule has 2 fully saturated rings. The van der Waals surface area contributed by atoms with Crippen LogP contribution in [0.3, 0.4) is 0 Å². The molecule has 1 saturated carbocycles. The predicted molar refractivity (Wildman–Crippen MR) is 91.1 cm³/mol. The van der Waals surface area contributed by atoms with Crippen molar-refractivity contribution in [1.82, 2.24) is 4.90 Å². The van der Waals surface area contributed by atoms with Crippen molar-refractivity contribution in [2.24, 2.45) is 5.92 Å². The van der Waals surface area contributed by atoms with Gasteiger partial charge in [0.15, 0.2) is 0 Å². The highest BCUT2D eigenvalue weighted by atomic mass is 35.5. The molecule has 1 N–H and O–H groups in total. The van der Waals surface area contributed by atoms with Gasteiger partial charge < -0.3 is 10.2 Å². The molecule has 3 rings (SSSR count). The van der Waals surface area contributed by atoms with Gasteiger partial charge in [0.05, 0.1) is 0 Å². The van der Waals surface area contributed by atoms with Crippen LogP contribution < -0.4 is 5.32 Å². The number of anilines is 1. The molecule has 2 nitrogen and oxygen atoms in total. The minimum atomic E-state index is 0.614. The highest BCUT2D eigenvalue weighted by Gasteiger charge is 2.28. The summed E-state index contributed by atoms with van der Waals surface area (Å²) in [7, 11) is 0. The third kappa shape index (κ3) is 4.14. The van der Waals surface area contributed by atoms with Crippen molar-refractivity contribution in [2.75, 3.05) is 18.4 Å². The zero-order valence-electron chi connectivity index (χ0n) is 13.0. The summed E-state index contributed by atoms with van der Waals surface area (Å²) in [5, 5.41) is 4.46. The smallest absolute Gasteiger partial charge is 0.0407 e. The van der Waals surface area contributed by atoms with Crippen molar-refractivity contribution >= 4 is 17.3 Å². The molecule has 1 aromatic carbocycles. The molecule has 116 valence electrons. The van der Waals surface area contributed by atoms with E-state index in [1.165, 1.54) is 57.3 Å². The first kappa shape index (κ1) is 15.2. The number of nitrogens with zero attached hydrogens (tertiary/aromatic N) is 1. The van der Waals surface area contributed by atoms with Crippen molar-refractivity contribution in [3.8, 4) is 0 Å². The Hall–Kier alpha value is -0.730. The van der Waals surface area contributed by atoms with Crippen LogP contribution in [0.4, 0.5) is 5.69 Å². The van der Waals surface area contributed by atoms with E-state index in [0.29, 0.717) is 6.04 Å². The Labute approximate surface area is 133 Å². The normalized spacial score (nSPS) is 28.5. The summed E-state index contributed by atoms with van der Waals surface area (Å²) in [6.07, 6.45) is 8.20. The Morgan fingerprint density at radius 1 is 1.05 bits per heavy atom. The molecule has 1 aromatic rings. The average molecular weight is 307 g/mol. The Bertz CT molecular complexity index is 437. The van der Waals surface area contributed by atoms with Crippen LogP contribution in [-0.4, -0.2) is 30.1 Å². The van der Waals surface area contributed by atoms with Crippen LogP contribution >= 0.6 is 11.6 Å². The summed E-state index contributed by atoms with van der Waals surface area (Å²) in [5.41, 5.74) is 1.20. The van der Waals surface area contributed by atoms with Gasteiger partial charge >= 0.3 is 0 Å². The van der Waals surface area contributed by atoms with E-state index >= 15 is 0 Å². The van der Waals surface area contributed by atoms with Crippen LogP contribution in [-0.2, 0) is 0 Å². The van der Waals surface area contributed by atoms with Gasteiger partial charge in [0.25, 0.3) is 0 Å². The Morgan fingerprint density at radius 3 is 2.43 bits per heavy atom. The van der Waals surface area contributed by atoms with E-state index in [0.717, 1.165) is 17.0 Å². The van der Waals surface area contributed by atoms with Gasteiger partial charge in [-0.2, -0.15) is 0 Å². The molecule has 21 heavy (non-hydrogen) atoms. The van der Waals surface area contributed by atoms with E-state index in [1.54, 1.807) is 0 Å². The molecule has 2 aliphatic rings. The van der Waals surface area contributed by atoms with Crippen LogP contribution in [0.25, 0.3) is 0 Å². The van der Waals surface area contributed by atoms with E-state index in [1.807, 2.05) is 12.1 Å². The Kier molecular flexibility index (Phi) is 5.07. The SMILES string of the molecule is CC1CCCC(N2CCC(Nc3ccc(Cl)cc3)CC2)C1. The topological polar surface area (TPSA) is 15.3 Å². The minimum Gasteiger partial charge on any atom is -0.382 e. The van der Waals surface area contributed by atoms with E-state index in [4.69, 9.17) is 11.6 Å². The van der Waals surface area contributed by atoms with Gasteiger partial charge in [0.2, 0.25) is 0 Å². The number of halogens is 1. The molecule has 0 radical (unpaired) electrons. The van der Waals surface area contributed by atoms with Gasteiger partial charge in [-0.3, -0.25) is 0 Å². The number of piperidine rings is 1. The lowest BCUT2D eigenvalue weighted by Crippen LogP contribution is -2.46. The fourth-order valence-corrected chi connectivity index (χ4v) is 4.05. The molecule has 0 spiro atoms. The Morgan fingerprint density at radius 2 is 1.76 bits per heavy atom. The molecular formula is C18H27ClN2. The summed E-state index contributed by atoms with van der Waals surface area (Å²) in [5.74, 6) is 0.925. The molecule has 1 saturated heterocycles. The van der Waals surface area contributed by atoms with Gasteiger partial charge in [-0.15, -0.1) is 0 Å². The van der Waals surface area contributed by atoms with Crippen molar-refractivity contribution in [1.29, 1.82) is 0 Å². The lowest BCUT2D eigenvalue weighted by Gasteiger charge is -2.41. The van der Waals surface area contributed by atoms with Gasteiger partial charge in [-0.1, -0.05) is 31.4 Å². The molecule has 3 heteroatoms. The minimum absolute atomic E-state index is 0.614. The number of likely N-dealkylation sites (tertiary alicyclic amines) is 1. The fourth-order valence-electron chi connectivity index (χ4n) is 3.92. The van der Waals surface area contributed by atoms with E-state index in [2.05, 4.69) is 29.3 Å². The first-order valence-corrected chi connectivity index (χ1v) is 8.84. The first-order valence-electron chi connectivity index (χ1n) is 8.47. The lowest BCUT2D eigenvalue weighted by molar-refractivity contribution is 0.109. The van der Waals surface area contributed by atoms with E-state index in [9.17, 15) is 0 Å². The summed E-state index contributed by atoms with van der Waals surface area (Å²) in [6, 6.07) is 9.55. The molecule has 1 aliphatic heterocycles. The van der Waals surface area contributed by atoms with E-state index in [-0.39, 0.29) is 0 Å². The van der Waals surface area contributed by atoms with Crippen molar-refractivity contribution in [3.05, 3.63) is 29.3 Å². The monoisotopic (exact) mass is 306 g/mol. The van der Waals surface area contributed by atoms with Crippen LogP contribution in [0.5, 0.6) is 0 Å². The molecule has 1 aliphatic carbocycles. The molecule has 0 aromatic heterocycles. The quantitative estimate of drug-likeness (QED) is 0.863. The predicted octanol–water partition coefficient (Wildman–Crippen LogP) is 4.80. The highest BCUT2D eigenvalue weighted by Crippen LogP contribution is 2.29. The lowest BCUT2D eigenvalue weighted by atomic mass is 9.85. The van der Waals surface area contributed by atoms with Crippen LogP contribution in [0.1, 0.15) is 45.4 Å². The van der Waals surface area contributed by atoms with Gasteiger partial charge in [0.1, 0.15) is 0 Å². The molecule has 0 bridgehead atoms. The summed E-state index contributed by atoms with van der Waals surface area (Å²) in [4.78, 5) is 2.75. The molecule has 2 atom stereocenters. The van der Waals surface area contributed by atoms with Crippen LogP contribution in [0.15, 0.2) is 24.3 Å². The number of rotatable bonds is 3. The first-order chi connectivity index (χ1) is 10.2. The zero-order chi connectivity index (χ0) is 14.7. The number of hydrogen-bond acceptors (Lipinski definition) is 2. The average Bonchev–Trinajstić information content (AvgIpc) is 2.50. The second-order valence-electron chi connectivity index (χ2n) is 6.89. The third-order valence-electron chi connectivity index (χ3n) is 5.17. The second kappa shape index (κ2) is 7.02. The van der Waals surface area contributed by atoms with Crippen molar-refractivity contribution in [2.45, 2.75) is 57.5 Å². The second-order valence-corrected chi connectivity index (χ2v) is 7.32. The summed E-state index contributed by atoms with van der Waals surface area (Å²) in [6.45, 7) is 4.92.